The minimum Gasteiger partial charge on any atom is -0.435 e. The van der Waals surface area contributed by atoms with Crippen LogP contribution < -0.4 is 10.1 Å². The lowest BCUT2D eigenvalue weighted by molar-refractivity contribution is -0.134. The van der Waals surface area contributed by atoms with Gasteiger partial charge in [-0.1, -0.05) is 5.16 Å². The fraction of sp³-hybridized carbons (Fsp3) is 0.308. The number of fused-ring (bicyclic) bond motifs is 1. The number of halogens is 2. The standard InChI is InChI=1S/C13H10F2N2O4/c14-13(15)20-6-1-3-9-8(5-6)11(17-21-9)7-2-4-10(18)16-12(7)19/h1,3,5,7,13H,2,4H2,(H,16,18,19). The Hall–Kier alpha value is -2.51. The van der Waals surface area contributed by atoms with E-state index in [0.29, 0.717) is 23.1 Å². The van der Waals surface area contributed by atoms with Gasteiger partial charge in [-0.3, -0.25) is 14.9 Å². The van der Waals surface area contributed by atoms with Crippen LogP contribution in [0.25, 0.3) is 11.0 Å². The van der Waals surface area contributed by atoms with E-state index in [1.54, 1.807) is 0 Å². The Labute approximate surface area is 117 Å². The summed E-state index contributed by atoms with van der Waals surface area (Å²) in [6, 6.07) is 4.11. The van der Waals surface area contributed by atoms with Crippen LogP contribution in [0.1, 0.15) is 24.5 Å². The molecule has 1 aromatic heterocycles. The average molecular weight is 296 g/mol. The third kappa shape index (κ3) is 2.56. The van der Waals surface area contributed by atoms with E-state index in [4.69, 9.17) is 4.52 Å². The predicted octanol–water partition coefficient (Wildman–Crippen LogP) is 1.95. The highest BCUT2D eigenvalue weighted by Gasteiger charge is 2.32. The maximum Gasteiger partial charge on any atom is 0.387 e. The number of aromatic nitrogens is 1. The second kappa shape index (κ2) is 5.12. The van der Waals surface area contributed by atoms with Crippen molar-refractivity contribution in [1.29, 1.82) is 0 Å². The molecule has 1 aliphatic heterocycles. The molecule has 2 aromatic rings. The molecule has 1 N–H and O–H groups in total. The Balaban J connectivity index is 1.98. The smallest absolute Gasteiger partial charge is 0.387 e. The third-order valence-corrected chi connectivity index (χ3v) is 3.26. The summed E-state index contributed by atoms with van der Waals surface area (Å²) in [5.41, 5.74) is 0.672. The molecule has 2 heterocycles. The lowest BCUT2D eigenvalue weighted by Crippen LogP contribution is -2.39. The van der Waals surface area contributed by atoms with Crippen molar-refractivity contribution in [3.05, 3.63) is 23.9 Å². The molecule has 1 aliphatic rings. The van der Waals surface area contributed by atoms with Gasteiger partial charge in [-0.15, -0.1) is 0 Å². The van der Waals surface area contributed by atoms with Gasteiger partial charge in [-0.2, -0.15) is 8.78 Å². The molecule has 1 saturated heterocycles. The highest BCUT2D eigenvalue weighted by Crippen LogP contribution is 2.32. The summed E-state index contributed by atoms with van der Waals surface area (Å²) in [6.45, 7) is -2.94. The van der Waals surface area contributed by atoms with Gasteiger partial charge in [-0.05, 0) is 24.6 Å². The maximum atomic E-state index is 12.2. The molecular weight excluding hydrogens is 286 g/mol. The van der Waals surface area contributed by atoms with Crippen molar-refractivity contribution < 1.29 is 27.6 Å². The number of hydrogen-bond donors (Lipinski definition) is 1. The van der Waals surface area contributed by atoms with E-state index in [0.717, 1.165) is 0 Å². The molecular formula is C13H10F2N2O4. The third-order valence-electron chi connectivity index (χ3n) is 3.26. The van der Waals surface area contributed by atoms with Crippen LogP contribution in [0, 0.1) is 0 Å². The Morgan fingerprint density at radius 3 is 2.90 bits per heavy atom. The van der Waals surface area contributed by atoms with Crippen LogP contribution in [0.2, 0.25) is 0 Å². The number of carbonyl (C=O) groups excluding carboxylic acids is 2. The summed E-state index contributed by atoms with van der Waals surface area (Å²) >= 11 is 0. The highest BCUT2D eigenvalue weighted by atomic mass is 19.3. The molecule has 110 valence electrons. The molecule has 2 amide bonds. The molecule has 1 atom stereocenters. The fourth-order valence-electron chi connectivity index (χ4n) is 2.32. The second-order valence-electron chi connectivity index (χ2n) is 4.61. The maximum absolute atomic E-state index is 12.2. The zero-order valence-corrected chi connectivity index (χ0v) is 10.6. The van der Waals surface area contributed by atoms with Gasteiger partial charge in [0.25, 0.3) is 0 Å². The first kappa shape index (κ1) is 13.5. The summed E-state index contributed by atoms with van der Waals surface area (Å²) < 4.78 is 33.9. The molecule has 0 spiro atoms. The number of amides is 2. The normalized spacial score (nSPS) is 19.1. The lowest BCUT2D eigenvalue weighted by atomic mass is 9.93. The number of hydrogen-bond acceptors (Lipinski definition) is 5. The number of imide groups is 1. The molecule has 0 aliphatic carbocycles. The van der Waals surface area contributed by atoms with Gasteiger partial charge in [0.15, 0.2) is 5.58 Å². The van der Waals surface area contributed by atoms with E-state index in [1.165, 1.54) is 18.2 Å². The molecule has 8 heteroatoms. The summed E-state index contributed by atoms with van der Waals surface area (Å²) in [5, 5.41) is 6.46. The van der Waals surface area contributed by atoms with Gasteiger partial charge < -0.3 is 9.26 Å². The summed E-state index contributed by atoms with van der Waals surface area (Å²) in [5.74, 6) is -1.51. The number of carbonyl (C=O) groups is 2. The highest BCUT2D eigenvalue weighted by molar-refractivity contribution is 6.02. The molecule has 6 nitrogen and oxygen atoms in total. The number of benzene rings is 1. The number of ether oxygens (including phenoxy) is 1. The first-order valence-electron chi connectivity index (χ1n) is 6.22. The van der Waals surface area contributed by atoms with Crippen molar-refractivity contribution in [3.63, 3.8) is 0 Å². The van der Waals surface area contributed by atoms with E-state index in [1.807, 2.05) is 0 Å². The van der Waals surface area contributed by atoms with Gasteiger partial charge in [0.1, 0.15) is 11.4 Å². The topological polar surface area (TPSA) is 81.4 Å². The van der Waals surface area contributed by atoms with Crippen molar-refractivity contribution in [2.24, 2.45) is 0 Å². The van der Waals surface area contributed by atoms with E-state index in [9.17, 15) is 18.4 Å². The lowest BCUT2D eigenvalue weighted by Gasteiger charge is -2.18. The Morgan fingerprint density at radius 2 is 2.19 bits per heavy atom. The van der Waals surface area contributed by atoms with Crippen LogP contribution in [0.4, 0.5) is 8.78 Å². The number of piperidine rings is 1. The summed E-state index contributed by atoms with van der Waals surface area (Å²) in [6.07, 6.45) is 0.490. The monoisotopic (exact) mass is 296 g/mol. The van der Waals surface area contributed by atoms with Gasteiger partial charge in [0.2, 0.25) is 11.8 Å². The number of rotatable bonds is 3. The molecule has 3 rings (SSSR count). The first-order valence-corrected chi connectivity index (χ1v) is 6.22. The molecule has 0 radical (unpaired) electrons. The van der Waals surface area contributed by atoms with Crippen LogP contribution in [-0.2, 0) is 9.59 Å². The zero-order valence-electron chi connectivity index (χ0n) is 10.6. The van der Waals surface area contributed by atoms with Gasteiger partial charge >= 0.3 is 6.61 Å². The molecule has 21 heavy (non-hydrogen) atoms. The van der Waals surface area contributed by atoms with E-state index in [-0.39, 0.29) is 18.1 Å². The molecule has 0 saturated carbocycles. The van der Waals surface area contributed by atoms with Crippen LogP contribution in [0.3, 0.4) is 0 Å². The van der Waals surface area contributed by atoms with Crippen molar-refractivity contribution in [3.8, 4) is 5.75 Å². The largest absolute Gasteiger partial charge is 0.435 e. The summed E-state index contributed by atoms with van der Waals surface area (Å²) in [4.78, 5) is 23.0. The molecule has 0 bridgehead atoms. The van der Waals surface area contributed by atoms with Crippen molar-refractivity contribution in [2.75, 3.05) is 0 Å². The van der Waals surface area contributed by atoms with Gasteiger partial charge in [-0.25, -0.2) is 0 Å². The van der Waals surface area contributed by atoms with Crippen LogP contribution in [0.15, 0.2) is 22.7 Å². The predicted molar refractivity (Wildman–Crippen MR) is 65.8 cm³/mol. The Bertz CT molecular complexity index is 713. The zero-order chi connectivity index (χ0) is 15.0. The Morgan fingerprint density at radius 1 is 1.38 bits per heavy atom. The quantitative estimate of drug-likeness (QED) is 0.875. The number of nitrogens with zero attached hydrogens (tertiary/aromatic N) is 1. The Kier molecular flexibility index (Phi) is 3.28. The molecule has 1 aromatic carbocycles. The minimum atomic E-state index is -2.94. The second-order valence-corrected chi connectivity index (χ2v) is 4.61. The molecule has 1 fully saturated rings. The van der Waals surface area contributed by atoms with E-state index >= 15 is 0 Å². The van der Waals surface area contributed by atoms with E-state index < -0.39 is 18.4 Å². The number of alkyl halides is 2. The van der Waals surface area contributed by atoms with Crippen molar-refractivity contribution in [1.82, 2.24) is 10.5 Å². The van der Waals surface area contributed by atoms with Gasteiger partial charge in [0.05, 0.1) is 5.92 Å². The van der Waals surface area contributed by atoms with Crippen LogP contribution >= 0.6 is 0 Å². The number of nitrogens with one attached hydrogen (secondary N) is 1. The SMILES string of the molecule is O=C1CCC(c2noc3ccc(OC(F)F)cc23)C(=O)N1. The van der Waals surface area contributed by atoms with E-state index in [2.05, 4.69) is 15.2 Å². The van der Waals surface area contributed by atoms with Crippen molar-refractivity contribution in [2.45, 2.75) is 25.4 Å². The summed E-state index contributed by atoms with van der Waals surface area (Å²) in [7, 11) is 0. The van der Waals surface area contributed by atoms with Gasteiger partial charge in [0, 0.05) is 11.8 Å². The molecule has 1 unspecified atom stereocenters. The fourth-order valence-corrected chi connectivity index (χ4v) is 2.32. The van der Waals surface area contributed by atoms with Crippen molar-refractivity contribution >= 4 is 22.8 Å². The average Bonchev–Trinajstić information content (AvgIpc) is 2.81. The first-order chi connectivity index (χ1) is 10.0. The van der Waals surface area contributed by atoms with Crippen LogP contribution in [0.5, 0.6) is 5.75 Å². The minimum absolute atomic E-state index is 0.0470. The van der Waals surface area contributed by atoms with Crippen LogP contribution in [-0.4, -0.2) is 23.6 Å².